The molecular formula is C27H20FN. The van der Waals surface area contributed by atoms with Crippen LogP contribution in [0.5, 0.6) is 0 Å². The number of aryl methyl sites for hydroxylation is 3. The summed E-state index contributed by atoms with van der Waals surface area (Å²) in [6, 6.07) is 24.2. The highest BCUT2D eigenvalue weighted by Crippen LogP contribution is 2.47. The van der Waals surface area contributed by atoms with Crippen LogP contribution in [0.3, 0.4) is 0 Å². The van der Waals surface area contributed by atoms with E-state index in [9.17, 15) is 4.39 Å². The van der Waals surface area contributed by atoms with Gasteiger partial charge in [-0.1, -0.05) is 48.5 Å². The standard InChI is InChI=1S/C27H20FN/c28-20-13-9-19(10-14-20)27-26-22-8-4-2-5-17(22)11-15-23(26)25-21-7-3-1-6-18(21)12-16-24(25)29-27/h1-10,13-14H,11-12,15-16H2. The van der Waals surface area contributed by atoms with Crippen LogP contribution in [0.25, 0.3) is 33.5 Å². The molecule has 2 aliphatic carbocycles. The van der Waals surface area contributed by atoms with E-state index in [1.807, 2.05) is 12.1 Å². The van der Waals surface area contributed by atoms with E-state index in [2.05, 4.69) is 48.5 Å². The lowest BCUT2D eigenvalue weighted by Gasteiger charge is -2.30. The lowest BCUT2D eigenvalue weighted by atomic mass is 9.76. The number of fused-ring (bicyclic) bond motifs is 7. The van der Waals surface area contributed by atoms with Crippen molar-refractivity contribution in [1.82, 2.24) is 4.98 Å². The molecule has 140 valence electrons. The van der Waals surface area contributed by atoms with Gasteiger partial charge in [-0.2, -0.15) is 0 Å². The van der Waals surface area contributed by atoms with Crippen molar-refractivity contribution in [1.29, 1.82) is 0 Å². The van der Waals surface area contributed by atoms with E-state index >= 15 is 0 Å². The highest BCUT2D eigenvalue weighted by atomic mass is 19.1. The molecule has 6 rings (SSSR count). The summed E-state index contributed by atoms with van der Waals surface area (Å²) in [6.07, 6.45) is 4.04. The minimum Gasteiger partial charge on any atom is -0.252 e. The van der Waals surface area contributed by atoms with E-state index in [1.54, 1.807) is 0 Å². The lowest BCUT2D eigenvalue weighted by Crippen LogP contribution is -2.15. The summed E-state index contributed by atoms with van der Waals surface area (Å²) in [5.41, 5.74) is 12.5. The van der Waals surface area contributed by atoms with Crippen LogP contribution in [0, 0.1) is 5.82 Å². The molecule has 0 unspecified atom stereocenters. The van der Waals surface area contributed by atoms with Gasteiger partial charge in [-0.15, -0.1) is 0 Å². The summed E-state index contributed by atoms with van der Waals surface area (Å²) < 4.78 is 13.6. The largest absolute Gasteiger partial charge is 0.252 e. The molecule has 0 saturated carbocycles. The number of benzene rings is 3. The zero-order chi connectivity index (χ0) is 19.4. The fraction of sp³-hybridized carbons (Fsp3) is 0.148. The summed E-state index contributed by atoms with van der Waals surface area (Å²) in [4.78, 5) is 5.20. The van der Waals surface area contributed by atoms with Crippen LogP contribution in [-0.2, 0) is 25.7 Å². The average Bonchev–Trinajstić information content (AvgIpc) is 2.78. The quantitative estimate of drug-likeness (QED) is 0.373. The molecule has 0 bridgehead atoms. The van der Waals surface area contributed by atoms with E-state index in [0.29, 0.717) is 0 Å². The average molecular weight is 377 g/mol. The molecule has 29 heavy (non-hydrogen) atoms. The molecule has 1 aromatic heterocycles. The molecule has 1 heterocycles. The Hall–Kier alpha value is -3.26. The molecule has 2 heteroatoms. The Kier molecular flexibility index (Phi) is 3.67. The van der Waals surface area contributed by atoms with Crippen LogP contribution in [0.15, 0.2) is 72.8 Å². The number of nitrogens with zero attached hydrogens (tertiary/aromatic N) is 1. The van der Waals surface area contributed by atoms with Crippen molar-refractivity contribution in [2.45, 2.75) is 25.7 Å². The number of hydrogen-bond acceptors (Lipinski definition) is 1. The van der Waals surface area contributed by atoms with E-state index in [4.69, 9.17) is 4.98 Å². The van der Waals surface area contributed by atoms with Crippen LogP contribution in [0.1, 0.15) is 22.4 Å². The highest BCUT2D eigenvalue weighted by Gasteiger charge is 2.29. The third-order valence-electron chi connectivity index (χ3n) is 6.34. The molecule has 0 fully saturated rings. The maximum atomic E-state index is 13.6. The molecule has 1 nitrogen and oxygen atoms in total. The molecule has 0 atom stereocenters. The van der Waals surface area contributed by atoms with E-state index < -0.39 is 0 Å². The fourth-order valence-electron chi connectivity index (χ4n) is 5.02. The Morgan fingerprint density at radius 2 is 1.24 bits per heavy atom. The molecule has 0 spiro atoms. The van der Waals surface area contributed by atoms with E-state index in [0.717, 1.165) is 36.9 Å². The van der Waals surface area contributed by atoms with Crippen LogP contribution in [0.4, 0.5) is 4.39 Å². The molecular weight excluding hydrogens is 357 g/mol. The third kappa shape index (κ3) is 2.56. The predicted octanol–water partition coefficient (Wildman–Crippen LogP) is 6.42. The van der Waals surface area contributed by atoms with Crippen molar-refractivity contribution in [2.75, 3.05) is 0 Å². The van der Waals surface area contributed by atoms with Crippen LogP contribution in [0.2, 0.25) is 0 Å². The topological polar surface area (TPSA) is 12.9 Å². The number of hydrogen-bond donors (Lipinski definition) is 0. The van der Waals surface area contributed by atoms with Crippen LogP contribution in [-0.4, -0.2) is 4.98 Å². The van der Waals surface area contributed by atoms with Crippen molar-refractivity contribution >= 4 is 0 Å². The van der Waals surface area contributed by atoms with Crippen molar-refractivity contribution in [3.8, 4) is 33.5 Å². The zero-order valence-corrected chi connectivity index (χ0v) is 16.1. The highest BCUT2D eigenvalue weighted by molar-refractivity contribution is 5.92. The van der Waals surface area contributed by atoms with Gasteiger partial charge in [0.2, 0.25) is 0 Å². The van der Waals surface area contributed by atoms with E-state index in [1.165, 1.54) is 56.8 Å². The van der Waals surface area contributed by atoms with Gasteiger partial charge in [0.05, 0.1) is 5.69 Å². The first kappa shape index (κ1) is 16.7. The summed E-state index contributed by atoms with van der Waals surface area (Å²) in [5, 5.41) is 0. The third-order valence-corrected chi connectivity index (χ3v) is 6.34. The Bertz CT molecular complexity index is 1250. The van der Waals surface area contributed by atoms with Crippen molar-refractivity contribution in [3.63, 3.8) is 0 Å². The molecule has 0 saturated heterocycles. The van der Waals surface area contributed by atoms with Gasteiger partial charge in [0.15, 0.2) is 0 Å². The number of pyridine rings is 1. The molecule has 2 aliphatic rings. The summed E-state index contributed by atoms with van der Waals surface area (Å²) in [7, 11) is 0. The van der Waals surface area contributed by atoms with E-state index in [-0.39, 0.29) is 5.82 Å². The van der Waals surface area contributed by atoms with Gasteiger partial charge in [-0.3, -0.25) is 4.98 Å². The number of halogens is 1. The summed E-state index contributed by atoms with van der Waals surface area (Å²) in [5.74, 6) is -0.213. The molecule has 0 aliphatic heterocycles. The maximum Gasteiger partial charge on any atom is 0.123 e. The Morgan fingerprint density at radius 3 is 1.97 bits per heavy atom. The minimum absolute atomic E-state index is 0.213. The molecule has 0 amide bonds. The first-order valence-corrected chi connectivity index (χ1v) is 10.3. The Balaban J connectivity index is 1.71. The first-order chi connectivity index (χ1) is 14.3. The normalized spacial score (nSPS) is 13.8. The molecule has 0 radical (unpaired) electrons. The van der Waals surface area contributed by atoms with Gasteiger partial charge in [-0.05, 0) is 77.8 Å². The lowest BCUT2D eigenvalue weighted by molar-refractivity contribution is 0.628. The number of rotatable bonds is 1. The smallest absolute Gasteiger partial charge is 0.123 e. The fourth-order valence-corrected chi connectivity index (χ4v) is 5.02. The van der Waals surface area contributed by atoms with Gasteiger partial charge >= 0.3 is 0 Å². The number of aromatic nitrogens is 1. The van der Waals surface area contributed by atoms with Crippen molar-refractivity contribution in [3.05, 3.63) is 101 Å². The van der Waals surface area contributed by atoms with Crippen molar-refractivity contribution in [2.24, 2.45) is 0 Å². The second kappa shape index (κ2) is 6.38. The molecule has 0 N–H and O–H groups in total. The van der Waals surface area contributed by atoms with Crippen LogP contribution >= 0.6 is 0 Å². The molecule has 3 aromatic carbocycles. The van der Waals surface area contributed by atoms with Crippen LogP contribution < -0.4 is 0 Å². The second-order valence-electron chi connectivity index (χ2n) is 7.96. The van der Waals surface area contributed by atoms with Gasteiger partial charge in [0.1, 0.15) is 5.82 Å². The van der Waals surface area contributed by atoms with Gasteiger partial charge < -0.3 is 0 Å². The second-order valence-corrected chi connectivity index (χ2v) is 7.96. The zero-order valence-electron chi connectivity index (χ0n) is 16.1. The van der Waals surface area contributed by atoms with Gasteiger partial charge in [0, 0.05) is 22.4 Å². The Labute approximate surface area is 169 Å². The predicted molar refractivity (Wildman–Crippen MR) is 115 cm³/mol. The minimum atomic E-state index is -0.213. The first-order valence-electron chi connectivity index (χ1n) is 10.3. The van der Waals surface area contributed by atoms with Crippen molar-refractivity contribution < 1.29 is 4.39 Å². The summed E-state index contributed by atoms with van der Waals surface area (Å²) >= 11 is 0. The molecule has 4 aromatic rings. The van der Waals surface area contributed by atoms with Gasteiger partial charge in [0.25, 0.3) is 0 Å². The summed E-state index contributed by atoms with van der Waals surface area (Å²) in [6.45, 7) is 0. The maximum absolute atomic E-state index is 13.6. The SMILES string of the molecule is Fc1ccc(-c2nc3c(c4c2-c2ccccc2CC4)-c2ccccc2CC3)cc1. The Morgan fingerprint density at radius 1 is 0.621 bits per heavy atom. The monoisotopic (exact) mass is 377 g/mol. The van der Waals surface area contributed by atoms with Gasteiger partial charge in [-0.25, -0.2) is 4.39 Å².